The van der Waals surface area contributed by atoms with E-state index in [4.69, 9.17) is 5.73 Å². The molecule has 0 bridgehead atoms. The van der Waals surface area contributed by atoms with E-state index in [2.05, 4.69) is 27.2 Å². The molecule has 0 spiro atoms. The van der Waals surface area contributed by atoms with Crippen LogP contribution in [0.1, 0.15) is 37.1 Å². The normalized spacial score (nSPS) is 19.1. The summed E-state index contributed by atoms with van der Waals surface area (Å²) in [4.78, 5) is 23.9. The van der Waals surface area contributed by atoms with Gasteiger partial charge in [0.1, 0.15) is 16.5 Å². The maximum atomic E-state index is 11.4. The van der Waals surface area contributed by atoms with E-state index in [9.17, 15) is 4.79 Å². The molecule has 2 aromatic heterocycles. The number of fused-ring (bicyclic) bond motifs is 1. The minimum atomic E-state index is -0.240. The van der Waals surface area contributed by atoms with E-state index in [0.717, 1.165) is 47.7 Å². The average molecular weight is 304 g/mol. The van der Waals surface area contributed by atoms with Crippen molar-refractivity contribution in [2.75, 3.05) is 11.4 Å². The highest BCUT2D eigenvalue weighted by molar-refractivity contribution is 7.17. The maximum Gasteiger partial charge on any atom is 0.219 e. The van der Waals surface area contributed by atoms with Gasteiger partial charge in [0, 0.05) is 19.0 Å². The smallest absolute Gasteiger partial charge is 0.219 e. The molecular formula is C15H20N4OS. The number of rotatable bonds is 3. The lowest BCUT2D eigenvalue weighted by Gasteiger charge is -2.36. The summed E-state index contributed by atoms with van der Waals surface area (Å²) in [6, 6.07) is 0.160. The molecule has 0 unspecified atom stereocenters. The summed E-state index contributed by atoms with van der Waals surface area (Å²) >= 11 is 1.65. The van der Waals surface area contributed by atoms with Gasteiger partial charge in [-0.1, -0.05) is 0 Å². The van der Waals surface area contributed by atoms with Crippen LogP contribution in [0.5, 0.6) is 0 Å². The van der Waals surface area contributed by atoms with Crippen molar-refractivity contribution in [3.8, 4) is 0 Å². The summed E-state index contributed by atoms with van der Waals surface area (Å²) in [6.45, 7) is 4.94. The van der Waals surface area contributed by atoms with Crippen LogP contribution in [0.15, 0.2) is 5.38 Å². The standard InChI is InChI=1S/C15H20N4OS/c1-9-8-21-15-13(9)14(17-10(2)18-15)19-6-4-3-5-11(19)7-12(16)20/h8,11H,3-7H2,1-2H3,(H2,16,20)/t11-/m1/s1. The van der Waals surface area contributed by atoms with E-state index < -0.39 is 0 Å². The number of amides is 1. The SMILES string of the molecule is Cc1nc(N2CCCC[C@@H]2CC(N)=O)c2c(C)csc2n1. The van der Waals surface area contributed by atoms with Gasteiger partial charge < -0.3 is 10.6 Å². The monoisotopic (exact) mass is 304 g/mol. The van der Waals surface area contributed by atoms with Gasteiger partial charge in [-0.25, -0.2) is 9.97 Å². The van der Waals surface area contributed by atoms with E-state index >= 15 is 0 Å². The molecule has 3 heterocycles. The Balaban J connectivity index is 2.08. The van der Waals surface area contributed by atoms with Crippen LogP contribution in [0.2, 0.25) is 0 Å². The van der Waals surface area contributed by atoms with Crippen molar-refractivity contribution in [1.82, 2.24) is 9.97 Å². The second-order valence-electron chi connectivity index (χ2n) is 5.71. The maximum absolute atomic E-state index is 11.4. The summed E-state index contributed by atoms with van der Waals surface area (Å²) in [5.41, 5.74) is 6.62. The minimum Gasteiger partial charge on any atom is -0.370 e. The Morgan fingerprint density at radius 3 is 3.00 bits per heavy atom. The average Bonchev–Trinajstić information content (AvgIpc) is 2.79. The molecule has 21 heavy (non-hydrogen) atoms. The van der Waals surface area contributed by atoms with Gasteiger partial charge in [-0.15, -0.1) is 11.3 Å². The molecule has 1 saturated heterocycles. The predicted octanol–water partition coefficient (Wildman–Crippen LogP) is 2.54. The van der Waals surface area contributed by atoms with Gasteiger partial charge >= 0.3 is 0 Å². The second kappa shape index (κ2) is 5.60. The third-order valence-corrected chi connectivity index (χ3v) is 5.04. The zero-order chi connectivity index (χ0) is 15.0. The largest absolute Gasteiger partial charge is 0.370 e. The molecule has 0 radical (unpaired) electrons. The van der Waals surface area contributed by atoms with Crippen molar-refractivity contribution in [2.45, 2.75) is 45.6 Å². The molecule has 6 heteroatoms. The molecule has 1 aliphatic heterocycles. The lowest BCUT2D eigenvalue weighted by Crippen LogP contribution is -2.42. The molecule has 2 aromatic rings. The zero-order valence-corrected chi connectivity index (χ0v) is 13.2. The van der Waals surface area contributed by atoms with Gasteiger partial charge in [0.15, 0.2) is 0 Å². The third kappa shape index (κ3) is 2.72. The number of carbonyl (C=O) groups excluding carboxylic acids is 1. The van der Waals surface area contributed by atoms with Gasteiger partial charge in [0.05, 0.1) is 5.39 Å². The molecule has 1 amide bonds. The summed E-state index contributed by atoms with van der Waals surface area (Å²) < 4.78 is 0. The lowest BCUT2D eigenvalue weighted by atomic mass is 9.98. The Morgan fingerprint density at radius 2 is 2.24 bits per heavy atom. The summed E-state index contributed by atoms with van der Waals surface area (Å²) in [5.74, 6) is 1.51. The van der Waals surface area contributed by atoms with Crippen molar-refractivity contribution in [1.29, 1.82) is 0 Å². The molecule has 2 N–H and O–H groups in total. The number of aromatic nitrogens is 2. The highest BCUT2D eigenvalue weighted by atomic mass is 32.1. The van der Waals surface area contributed by atoms with Crippen LogP contribution < -0.4 is 10.6 Å². The molecule has 0 aromatic carbocycles. The van der Waals surface area contributed by atoms with E-state index in [1.807, 2.05) is 6.92 Å². The van der Waals surface area contributed by atoms with Crippen LogP contribution >= 0.6 is 11.3 Å². The first-order valence-corrected chi connectivity index (χ1v) is 8.21. The van der Waals surface area contributed by atoms with E-state index in [0.29, 0.717) is 6.42 Å². The van der Waals surface area contributed by atoms with Gasteiger partial charge in [0.25, 0.3) is 0 Å². The summed E-state index contributed by atoms with van der Waals surface area (Å²) in [7, 11) is 0. The van der Waals surface area contributed by atoms with Gasteiger partial charge in [-0.2, -0.15) is 0 Å². The number of anilines is 1. The predicted molar refractivity (Wildman–Crippen MR) is 85.7 cm³/mol. The Hall–Kier alpha value is -1.69. The number of primary amides is 1. The van der Waals surface area contributed by atoms with Gasteiger partial charge in [-0.05, 0) is 44.1 Å². The first kappa shape index (κ1) is 14.3. The number of hydrogen-bond donors (Lipinski definition) is 1. The van der Waals surface area contributed by atoms with E-state index in [1.54, 1.807) is 11.3 Å². The first-order chi connectivity index (χ1) is 10.1. The topological polar surface area (TPSA) is 72.1 Å². The highest BCUT2D eigenvalue weighted by Crippen LogP contribution is 2.35. The van der Waals surface area contributed by atoms with E-state index in [-0.39, 0.29) is 11.9 Å². The zero-order valence-electron chi connectivity index (χ0n) is 12.4. The Kier molecular flexibility index (Phi) is 3.80. The quantitative estimate of drug-likeness (QED) is 0.946. The molecule has 1 fully saturated rings. The number of thiophene rings is 1. The Labute approximate surface area is 128 Å². The van der Waals surface area contributed by atoms with Crippen molar-refractivity contribution < 1.29 is 4.79 Å². The number of piperidine rings is 1. The summed E-state index contributed by atoms with van der Waals surface area (Å²) in [6.07, 6.45) is 3.66. The second-order valence-corrected chi connectivity index (χ2v) is 6.56. The third-order valence-electron chi connectivity index (χ3n) is 4.05. The number of carbonyl (C=O) groups is 1. The Bertz CT molecular complexity index is 682. The molecule has 1 aliphatic rings. The molecular weight excluding hydrogens is 284 g/mol. The molecule has 1 atom stereocenters. The van der Waals surface area contributed by atoms with Crippen LogP contribution in [0.3, 0.4) is 0 Å². The van der Waals surface area contributed by atoms with Crippen molar-refractivity contribution >= 4 is 33.3 Å². The molecule has 112 valence electrons. The van der Waals surface area contributed by atoms with Crippen LogP contribution in [-0.2, 0) is 4.79 Å². The number of aryl methyl sites for hydroxylation is 2. The number of nitrogens with two attached hydrogens (primary N) is 1. The molecule has 0 saturated carbocycles. The molecule has 5 nitrogen and oxygen atoms in total. The highest BCUT2D eigenvalue weighted by Gasteiger charge is 2.27. The van der Waals surface area contributed by atoms with Crippen molar-refractivity contribution in [2.24, 2.45) is 5.73 Å². The van der Waals surface area contributed by atoms with Crippen molar-refractivity contribution in [3.05, 3.63) is 16.8 Å². The minimum absolute atomic E-state index is 0.160. The fraction of sp³-hybridized carbons (Fsp3) is 0.533. The van der Waals surface area contributed by atoms with Crippen molar-refractivity contribution in [3.63, 3.8) is 0 Å². The Morgan fingerprint density at radius 1 is 1.43 bits per heavy atom. The van der Waals surface area contributed by atoms with Gasteiger partial charge in [0.2, 0.25) is 5.91 Å². The first-order valence-electron chi connectivity index (χ1n) is 7.33. The van der Waals surface area contributed by atoms with Gasteiger partial charge in [-0.3, -0.25) is 4.79 Å². The van der Waals surface area contributed by atoms with Crippen LogP contribution in [-0.4, -0.2) is 28.5 Å². The van der Waals surface area contributed by atoms with E-state index in [1.165, 1.54) is 5.56 Å². The number of hydrogen-bond acceptors (Lipinski definition) is 5. The number of nitrogens with zero attached hydrogens (tertiary/aromatic N) is 3. The lowest BCUT2D eigenvalue weighted by molar-refractivity contribution is -0.118. The molecule has 0 aliphatic carbocycles. The summed E-state index contributed by atoms with van der Waals surface area (Å²) in [5, 5.41) is 3.25. The van der Waals surface area contributed by atoms with Crippen LogP contribution in [0, 0.1) is 13.8 Å². The molecule has 3 rings (SSSR count). The van der Waals surface area contributed by atoms with Crippen LogP contribution in [0.4, 0.5) is 5.82 Å². The van der Waals surface area contributed by atoms with Crippen LogP contribution in [0.25, 0.3) is 10.2 Å². The fourth-order valence-corrected chi connectivity index (χ4v) is 4.06. The fourth-order valence-electron chi connectivity index (χ4n) is 3.10.